The van der Waals surface area contributed by atoms with Gasteiger partial charge in [-0.1, -0.05) is 27.7 Å². The average molecular weight is 704 g/mol. The van der Waals surface area contributed by atoms with E-state index in [1.807, 2.05) is 39.8 Å². The SMILES string of the molecule is CO[C@]1(C)C[C@H](OC2[C@@H](C)C(=O)O[C@H](C)[C@@](C)(O)[C@H](O)[C@@H](C)C(=O)[C@H](C)C[C@H](C)[C@H](O[C@@H]3O[C@H](C)C[C@H](N(C)C)[C@H]3O)[C@H]2C)O[C@@H](C)[C@@H]1O. The summed E-state index contributed by atoms with van der Waals surface area (Å²) >= 11 is 0. The van der Waals surface area contributed by atoms with Gasteiger partial charge in [0, 0.05) is 37.3 Å². The molecule has 0 bridgehead atoms. The van der Waals surface area contributed by atoms with Crippen LogP contribution in [-0.4, -0.2) is 137 Å². The fraction of sp³-hybridized carbons (Fsp3) is 0.944. The first-order valence-electron chi connectivity index (χ1n) is 17.9. The van der Waals surface area contributed by atoms with Crippen molar-refractivity contribution in [3.63, 3.8) is 0 Å². The summed E-state index contributed by atoms with van der Waals surface area (Å²) in [6.45, 7) is 17.1. The summed E-state index contributed by atoms with van der Waals surface area (Å²) in [5, 5.41) is 44.9. The number of rotatable bonds is 6. The number of esters is 1. The first kappa shape index (κ1) is 42.2. The number of hydrogen-bond donors (Lipinski definition) is 4. The highest BCUT2D eigenvalue weighted by molar-refractivity contribution is 5.83. The molecular formula is C36H65NO12. The summed E-state index contributed by atoms with van der Waals surface area (Å²) in [4.78, 5) is 29.5. The zero-order chi connectivity index (χ0) is 37.3. The van der Waals surface area contributed by atoms with Gasteiger partial charge in [0.15, 0.2) is 12.6 Å². The second-order valence-electron chi connectivity index (χ2n) is 15.9. The van der Waals surface area contributed by atoms with Crippen molar-refractivity contribution in [1.82, 2.24) is 4.90 Å². The van der Waals surface area contributed by atoms with E-state index in [2.05, 4.69) is 0 Å². The monoisotopic (exact) mass is 703 g/mol. The number of ketones is 1. The van der Waals surface area contributed by atoms with E-state index in [-0.39, 0.29) is 30.3 Å². The number of hydrogen-bond acceptors (Lipinski definition) is 13. The number of methoxy groups -OCH3 is 1. The van der Waals surface area contributed by atoms with Crippen molar-refractivity contribution in [2.24, 2.45) is 29.6 Å². The normalized spacial score (nSPS) is 49.8. The lowest BCUT2D eigenvalue weighted by Crippen LogP contribution is -2.59. The van der Waals surface area contributed by atoms with Crippen LogP contribution in [-0.2, 0) is 38.0 Å². The summed E-state index contributed by atoms with van der Waals surface area (Å²) < 4.78 is 37.2. The molecular weight excluding hydrogens is 638 g/mol. The number of aliphatic hydroxyl groups is 4. The van der Waals surface area contributed by atoms with Gasteiger partial charge < -0.3 is 53.7 Å². The van der Waals surface area contributed by atoms with Crippen LogP contribution in [0.1, 0.15) is 88.5 Å². The van der Waals surface area contributed by atoms with Gasteiger partial charge in [-0.25, -0.2) is 0 Å². The molecule has 49 heavy (non-hydrogen) atoms. The number of aliphatic hydroxyl groups excluding tert-OH is 3. The van der Waals surface area contributed by atoms with Crippen molar-refractivity contribution in [2.75, 3.05) is 21.2 Å². The molecule has 18 atom stereocenters. The molecule has 13 heteroatoms. The minimum Gasteiger partial charge on any atom is -0.459 e. The number of carbonyl (C=O) groups is 2. The molecule has 3 fully saturated rings. The highest BCUT2D eigenvalue weighted by Gasteiger charge is 2.51. The molecule has 13 nitrogen and oxygen atoms in total. The molecule has 0 amide bonds. The predicted molar refractivity (Wildman–Crippen MR) is 180 cm³/mol. The van der Waals surface area contributed by atoms with Crippen LogP contribution in [0.2, 0.25) is 0 Å². The topological polar surface area (TPSA) is 174 Å². The lowest BCUT2D eigenvalue weighted by atomic mass is 9.76. The molecule has 3 aliphatic rings. The molecule has 0 aromatic rings. The summed E-state index contributed by atoms with van der Waals surface area (Å²) in [5.41, 5.74) is -2.92. The number of ether oxygens (including phenoxy) is 6. The second kappa shape index (κ2) is 16.6. The third-order valence-corrected chi connectivity index (χ3v) is 11.7. The number of likely N-dealkylation sites (N-methyl/N-ethyl adjacent to an activating group) is 1. The molecule has 1 unspecified atom stereocenters. The minimum absolute atomic E-state index is 0.161. The smallest absolute Gasteiger partial charge is 0.311 e. The van der Waals surface area contributed by atoms with Gasteiger partial charge in [0.25, 0.3) is 0 Å². The Bertz CT molecular complexity index is 1110. The van der Waals surface area contributed by atoms with E-state index >= 15 is 0 Å². The van der Waals surface area contributed by atoms with Crippen molar-refractivity contribution in [3.8, 4) is 0 Å². The standard InChI is InChI=1S/C36H65NO12/c1-17-14-18(2)29(49-34-28(39)25(37(11)12)15-19(3)45-34)21(5)30(48-26-16-35(9,44-13)32(41)23(7)46-26)22(6)33(42)47-24(8)36(10,43)31(40)20(4)27(17)38/h17-26,28-32,34,39-41,43H,14-16H2,1-13H3/t17-,18+,19-,20+,21-,22-,23+,24-,25+,26+,28-,29+,30?,31-,32+,34+,35-,36-/m1/s1. The number of cyclic esters (lactones) is 1. The molecule has 0 radical (unpaired) electrons. The molecule has 0 aromatic heterocycles. The Kier molecular flexibility index (Phi) is 14.3. The van der Waals surface area contributed by atoms with Crippen molar-refractivity contribution >= 4 is 11.8 Å². The lowest BCUT2D eigenvalue weighted by molar-refractivity contribution is -0.309. The zero-order valence-corrected chi connectivity index (χ0v) is 31.9. The van der Waals surface area contributed by atoms with Gasteiger partial charge in [0.05, 0.1) is 42.0 Å². The van der Waals surface area contributed by atoms with E-state index in [4.69, 9.17) is 28.4 Å². The van der Waals surface area contributed by atoms with Gasteiger partial charge in [-0.05, 0) is 74.4 Å². The van der Waals surface area contributed by atoms with Gasteiger partial charge in [-0.3, -0.25) is 9.59 Å². The van der Waals surface area contributed by atoms with Gasteiger partial charge in [0.2, 0.25) is 0 Å². The largest absolute Gasteiger partial charge is 0.459 e. The molecule has 0 aliphatic carbocycles. The highest BCUT2D eigenvalue weighted by Crippen LogP contribution is 2.39. The minimum atomic E-state index is -1.93. The number of carbonyl (C=O) groups excluding carboxylic acids is 2. The van der Waals surface area contributed by atoms with Crippen molar-refractivity contribution < 1.29 is 58.4 Å². The molecule has 286 valence electrons. The Balaban J connectivity index is 2.11. The van der Waals surface area contributed by atoms with Crippen LogP contribution < -0.4 is 0 Å². The average Bonchev–Trinajstić information content (AvgIpc) is 3.03. The van der Waals surface area contributed by atoms with Crippen LogP contribution in [0.25, 0.3) is 0 Å². The fourth-order valence-electron chi connectivity index (χ4n) is 7.93. The number of nitrogens with zero attached hydrogens (tertiary/aromatic N) is 1. The van der Waals surface area contributed by atoms with Crippen LogP contribution in [0.4, 0.5) is 0 Å². The summed E-state index contributed by atoms with van der Waals surface area (Å²) in [6, 6.07) is -0.230. The van der Waals surface area contributed by atoms with E-state index in [1.54, 1.807) is 34.6 Å². The number of Topliss-reactive ketones (excluding diaryl/α,β-unsaturated/α-hetero) is 1. The van der Waals surface area contributed by atoms with E-state index in [9.17, 15) is 30.0 Å². The molecule has 3 saturated heterocycles. The lowest BCUT2D eigenvalue weighted by Gasteiger charge is -2.47. The summed E-state index contributed by atoms with van der Waals surface area (Å²) in [5.74, 6) is -4.27. The summed E-state index contributed by atoms with van der Waals surface area (Å²) in [7, 11) is 5.30. The first-order chi connectivity index (χ1) is 22.6. The third kappa shape index (κ3) is 9.22. The molecule has 3 heterocycles. The molecule has 0 spiro atoms. The maximum absolute atomic E-state index is 13.9. The van der Waals surface area contributed by atoms with Crippen LogP contribution in [0.15, 0.2) is 0 Å². The molecule has 0 aromatic carbocycles. The Hall–Kier alpha value is -1.26. The predicted octanol–water partition coefficient (Wildman–Crippen LogP) is 2.28. The second-order valence-corrected chi connectivity index (χ2v) is 15.9. The maximum Gasteiger partial charge on any atom is 0.311 e. The molecule has 3 rings (SSSR count). The van der Waals surface area contributed by atoms with Crippen LogP contribution in [0, 0.1) is 29.6 Å². The van der Waals surface area contributed by atoms with Crippen molar-refractivity contribution in [1.29, 1.82) is 0 Å². The van der Waals surface area contributed by atoms with Gasteiger partial charge in [-0.2, -0.15) is 0 Å². The van der Waals surface area contributed by atoms with Crippen molar-refractivity contribution in [3.05, 3.63) is 0 Å². The Morgan fingerprint density at radius 3 is 2.02 bits per heavy atom. The van der Waals surface area contributed by atoms with E-state index in [1.165, 1.54) is 21.0 Å². The molecule has 4 N–H and O–H groups in total. The van der Waals surface area contributed by atoms with Crippen molar-refractivity contribution in [2.45, 2.75) is 167 Å². The summed E-state index contributed by atoms with van der Waals surface area (Å²) in [6.07, 6.45) is -7.86. The van der Waals surface area contributed by atoms with Crippen LogP contribution >= 0.6 is 0 Å². The van der Waals surface area contributed by atoms with E-state index in [0.29, 0.717) is 12.8 Å². The van der Waals surface area contributed by atoms with E-state index < -0.39 is 96.2 Å². The van der Waals surface area contributed by atoms with Gasteiger partial charge >= 0.3 is 5.97 Å². The first-order valence-corrected chi connectivity index (χ1v) is 17.9. The Morgan fingerprint density at radius 2 is 1.45 bits per heavy atom. The van der Waals surface area contributed by atoms with E-state index in [0.717, 1.165) is 0 Å². The quantitative estimate of drug-likeness (QED) is 0.297. The highest BCUT2D eigenvalue weighted by atomic mass is 16.7. The Morgan fingerprint density at radius 1 is 0.837 bits per heavy atom. The fourth-order valence-corrected chi connectivity index (χ4v) is 7.93. The zero-order valence-electron chi connectivity index (χ0n) is 31.9. The van der Waals surface area contributed by atoms with Crippen LogP contribution in [0.5, 0.6) is 0 Å². The molecule has 3 aliphatic heterocycles. The van der Waals surface area contributed by atoms with Gasteiger partial charge in [0.1, 0.15) is 29.7 Å². The van der Waals surface area contributed by atoms with Crippen LogP contribution in [0.3, 0.4) is 0 Å². The molecule has 0 saturated carbocycles. The van der Waals surface area contributed by atoms with Gasteiger partial charge in [-0.15, -0.1) is 0 Å². The maximum atomic E-state index is 13.9. The third-order valence-electron chi connectivity index (χ3n) is 11.7. The Labute approximate surface area is 292 Å².